The standard InChI is InChI=1S/C21H27ClN2O5/c1-2-3-4-14-6-7-15(24-23-14)10-13-9-12(5-8-16(13)22)21-20(28)19(27)18(26)17(11-25)29-21/h5-9,17-21,25-28H,2-4,10-11H2,1H3/t17-,18-,19+,20-,21+/m1/s1. The number of aliphatic hydroxyl groups excluding tert-OH is 4. The lowest BCUT2D eigenvalue weighted by Crippen LogP contribution is -2.55. The second-order valence-electron chi connectivity index (χ2n) is 7.40. The van der Waals surface area contributed by atoms with E-state index < -0.39 is 37.1 Å². The number of halogens is 1. The quantitative estimate of drug-likeness (QED) is 0.535. The average Bonchev–Trinajstić information content (AvgIpc) is 2.73. The van der Waals surface area contributed by atoms with Crippen LogP contribution >= 0.6 is 11.6 Å². The first kappa shape index (κ1) is 22.1. The number of aryl methyl sites for hydroxylation is 1. The molecule has 7 nitrogen and oxygen atoms in total. The first-order valence-corrected chi connectivity index (χ1v) is 10.2. The molecule has 1 aliphatic rings. The normalized spacial score (nSPS) is 27.2. The van der Waals surface area contributed by atoms with Gasteiger partial charge in [0, 0.05) is 11.4 Å². The van der Waals surface area contributed by atoms with Gasteiger partial charge in [0.15, 0.2) is 0 Å². The molecule has 0 unspecified atom stereocenters. The number of aromatic nitrogens is 2. The summed E-state index contributed by atoms with van der Waals surface area (Å²) < 4.78 is 5.63. The molecule has 0 saturated carbocycles. The van der Waals surface area contributed by atoms with Crippen LogP contribution in [0.15, 0.2) is 30.3 Å². The molecule has 0 radical (unpaired) electrons. The van der Waals surface area contributed by atoms with Gasteiger partial charge in [-0.05, 0) is 42.2 Å². The van der Waals surface area contributed by atoms with Gasteiger partial charge in [0.25, 0.3) is 0 Å². The lowest BCUT2D eigenvalue weighted by Gasteiger charge is -2.40. The number of benzene rings is 1. The minimum Gasteiger partial charge on any atom is -0.394 e. The monoisotopic (exact) mass is 422 g/mol. The maximum atomic E-state index is 10.4. The van der Waals surface area contributed by atoms with Gasteiger partial charge in [-0.15, -0.1) is 0 Å². The SMILES string of the molecule is CCCCc1ccc(Cc2cc([C@@H]3O[C@H](CO)[C@@H](O)[C@H](O)[C@H]3O)ccc2Cl)nn1. The van der Waals surface area contributed by atoms with Crippen molar-refractivity contribution >= 4 is 11.6 Å². The summed E-state index contributed by atoms with van der Waals surface area (Å²) in [6.07, 6.45) is -2.48. The highest BCUT2D eigenvalue weighted by Gasteiger charge is 2.44. The molecule has 3 rings (SSSR count). The molecule has 2 aromatic rings. The van der Waals surface area contributed by atoms with Crippen molar-refractivity contribution in [3.8, 4) is 0 Å². The Morgan fingerprint density at radius 3 is 2.38 bits per heavy atom. The van der Waals surface area contributed by atoms with Crippen LogP contribution in [0, 0.1) is 0 Å². The number of rotatable bonds is 7. The lowest BCUT2D eigenvalue weighted by atomic mass is 9.90. The summed E-state index contributed by atoms with van der Waals surface area (Å²) in [5.74, 6) is 0. The number of nitrogens with zero attached hydrogens (tertiary/aromatic N) is 2. The van der Waals surface area contributed by atoms with Crippen LogP contribution in [0.2, 0.25) is 5.02 Å². The Bertz CT molecular complexity index is 802. The highest BCUT2D eigenvalue weighted by atomic mass is 35.5. The molecule has 1 fully saturated rings. The lowest BCUT2D eigenvalue weighted by molar-refractivity contribution is -0.231. The van der Waals surface area contributed by atoms with Gasteiger partial charge in [-0.2, -0.15) is 10.2 Å². The van der Waals surface area contributed by atoms with Gasteiger partial charge in [-0.25, -0.2) is 0 Å². The Labute approximate surface area is 174 Å². The van der Waals surface area contributed by atoms with Crippen molar-refractivity contribution in [2.75, 3.05) is 6.61 Å². The molecular weight excluding hydrogens is 396 g/mol. The summed E-state index contributed by atoms with van der Waals surface area (Å²) >= 11 is 6.35. The minimum absolute atomic E-state index is 0.450. The van der Waals surface area contributed by atoms with Crippen molar-refractivity contribution in [3.05, 3.63) is 57.9 Å². The van der Waals surface area contributed by atoms with E-state index in [1.807, 2.05) is 12.1 Å². The zero-order chi connectivity index (χ0) is 21.0. The van der Waals surface area contributed by atoms with Gasteiger partial charge in [-0.3, -0.25) is 0 Å². The number of ether oxygens (including phenoxy) is 1. The Kier molecular flexibility index (Phi) is 7.56. The fraction of sp³-hybridized carbons (Fsp3) is 0.524. The number of unbranched alkanes of at least 4 members (excludes halogenated alkanes) is 1. The summed E-state index contributed by atoms with van der Waals surface area (Å²) in [6, 6.07) is 9.05. The van der Waals surface area contributed by atoms with E-state index in [-0.39, 0.29) is 0 Å². The summed E-state index contributed by atoms with van der Waals surface area (Å²) in [5.41, 5.74) is 3.08. The largest absolute Gasteiger partial charge is 0.394 e. The first-order chi connectivity index (χ1) is 13.9. The van der Waals surface area contributed by atoms with Gasteiger partial charge < -0.3 is 25.2 Å². The summed E-state index contributed by atoms with van der Waals surface area (Å²) in [6.45, 7) is 1.66. The Morgan fingerprint density at radius 1 is 1.00 bits per heavy atom. The molecule has 8 heteroatoms. The molecular formula is C21H27ClN2O5. The zero-order valence-corrected chi connectivity index (χ0v) is 17.0. The molecule has 1 aromatic heterocycles. The summed E-state index contributed by atoms with van der Waals surface area (Å²) in [4.78, 5) is 0. The fourth-order valence-corrected chi connectivity index (χ4v) is 3.64. The van der Waals surface area contributed by atoms with E-state index in [0.29, 0.717) is 17.0 Å². The highest BCUT2D eigenvalue weighted by Crippen LogP contribution is 2.34. The second-order valence-corrected chi connectivity index (χ2v) is 7.80. The van der Waals surface area contributed by atoms with E-state index in [2.05, 4.69) is 17.1 Å². The molecule has 1 saturated heterocycles. The van der Waals surface area contributed by atoms with Crippen LogP contribution in [0.4, 0.5) is 0 Å². The van der Waals surface area contributed by atoms with Gasteiger partial charge in [-0.1, -0.05) is 37.1 Å². The number of aliphatic hydroxyl groups is 4. The van der Waals surface area contributed by atoms with Crippen molar-refractivity contribution in [1.29, 1.82) is 0 Å². The van der Waals surface area contributed by atoms with Crippen LogP contribution < -0.4 is 0 Å². The van der Waals surface area contributed by atoms with Crippen LogP contribution in [0.1, 0.15) is 48.4 Å². The van der Waals surface area contributed by atoms with E-state index in [4.69, 9.17) is 16.3 Å². The van der Waals surface area contributed by atoms with E-state index in [1.165, 1.54) is 0 Å². The first-order valence-electron chi connectivity index (χ1n) is 9.85. The number of hydrogen-bond donors (Lipinski definition) is 4. The van der Waals surface area contributed by atoms with Crippen molar-refractivity contribution in [2.24, 2.45) is 0 Å². The van der Waals surface area contributed by atoms with Crippen LogP contribution in [0.3, 0.4) is 0 Å². The van der Waals surface area contributed by atoms with Crippen LogP contribution in [0.25, 0.3) is 0 Å². The maximum Gasteiger partial charge on any atom is 0.113 e. The third kappa shape index (κ3) is 5.12. The maximum absolute atomic E-state index is 10.4. The molecule has 1 aromatic carbocycles. The van der Waals surface area contributed by atoms with E-state index in [9.17, 15) is 20.4 Å². The topological polar surface area (TPSA) is 116 Å². The van der Waals surface area contributed by atoms with Gasteiger partial charge in [0.05, 0.1) is 18.0 Å². The predicted molar refractivity (Wildman–Crippen MR) is 108 cm³/mol. The second kappa shape index (κ2) is 9.93. The van der Waals surface area contributed by atoms with Gasteiger partial charge in [0.1, 0.15) is 30.5 Å². The van der Waals surface area contributed by atoms with E-state index in [0.717, 1.165) is 36.2 Å². The molecule has 0 spiro atoms. The van der Waals surface area contributed by atoms with Gasteiger partial charge >= 0.3 is 0 Å². The molecule has 0 aliphatic carbocycles. The van der Waals surface area contributed by atoms with E-state index >= 15 is 0 Å². The van der Waals surface area contributed by atoms with Crippen molar-refractivity contribution in [1.82, 2.24) is 10.2 Å². The molecule has 29 heavy (non-hydrogen) atoms. The van der Waals surface area contributed by atoms with Gasteiger partial charge in [0.2, 0.25) is 0 Å². The Morgan fingerprint density at radius 2 is 1.72 bits per heavy atom. The molecule has 158 valence electrons. The molecule has 0 bridgehead atoms. The third-order valence-corrected chi connectivity index (χ3v) is 5.59. The van der Waals surface area contributed by atoms with Crippen LogP contribution in [0.5, 0.6) is 0 Å². The minimum atomic E-state index is -1.42. The molecule has 0 amide bonds. The predicted octanol–water partition coefficient (Wildman–Crippen LogP) is 1.58. The molecule has 4 N–H and O–H groups in total. The highest BCUT2D eigenvalue weighted by molar-refractivity contribution is 6.31. The average molecular weight is 423 g/mol. The molecule has 5 atom stereocenters. The third-order valence-electron chi connectivity index (χ3n) is 5.22. The van der Waals surface area contributed by atoms with Crippen molar-refractivity contribution in [3.63, 3.8) is 0 Å². The van der Waals surface area contributed by atoms with Crippen LogP contribution in [-0.4, -0.2) is 61.6 Å². The molecule has 2 heterocycles. The smallest absolute Gasteiger partial charge is 0.113 e. The Hall–Kier alpha value is -1.61. The summed E-state index contributed by atoms with van der Waals surface area (Å²) in [5, 5.41) is 48.8. The van der Waals surface area contributed by atoms with Crippen molar-refractivity contribution < 1.29 is 25.2 Å². The van der Waals surface area contributed by atoms with Crippen LogP contribution in [-0.2, 0) is 17.6 Å². The fourth-order valence-electron chi connectivity index (χ4n) is 3.45. The van der Waals surface area contributed by atoms with E-state index in [1.54, 1.807) is 18.2 Å². The zero-order valence-electron chi connectivity index (χ0n) is 16.3. The van der Waals surface area contributed by atoms with Crippen molar-refractivity contribution in [2.45, 2.75) is 63.1 Å². The summed E-state index contributed by atoms with van der Waals surface area (Å²) in [7, 11) is 0. The Balaban J connectivity index is 1.79. The number of hydrogen-bond acceptors (Lipinski definition) is 7. The molecule has 1 aliphatic heterocycles.